The van der Waals surface area contributed by atoms with Crippen molar-refractivity contribution in [2.45, 2.75) is 13.5 Å². The number of non-ortho nitro benzene ring substituents is 1. The molecule has 13 heteroatoms. The van der Waals surface area contributed by atoms with E-state index in [-0.39, 0.29) is 29.4 Å². The topological polar surface area (TPSA) is 152 Å². The molecule has 0 amide bonds. The van der Waals surface area contributed by atoms with Crippen molar-refractivity contribution in [2.75, 3.05) is 7.11 Å². The zero-order chi connectivity index (χ0) is 26.7. The second-order valence-corrected chi connectivity index (χ2v) is 8.64. The summed E-state index contributed by atoms with van der Waals surface area (Å²) in [6.07, 6.45) is 1.28. The van der Waals surface area contributed by atoms with Gasteiger partial charge in [-0.05, 0) is 36.8 Å². The van der Waals surface area contributed by atoms with Gasteiger partial charge in [0.2, 0.25) is 5.75 Å². The van der Waals surface area contributed by atoms with Crippen LogP contribution in [-0.2, 0) is 6.61 Å². The SMILES string of the molecule is COc1cc(C=Nn2c(C)nc3ccc(Br)cc3c2=O)cc([N+](=O)[O-])c1OCc1cccc([N+](=O)[O-])c1. The van der Waals surface area contributed by atoms with E-state index in [1.165, 1.54) is 43.7 Å². The molecule has 0 radical (unpaired) electrons. The van der Waals surface area contributed by atoms with Crippen LogP contribution in [0.15, 0.2) is 69.0 Å². The monoisotopic (exact) mass is 567 g/mol. The third-order valence-corrected chi connectivity index (χ3v) is 5.76. The molecule has 0 fully saturated rings. The van der Waals surface area contributed by atoms with E-state index in [4.69, 9.17) is 9.47 Å². The largest absolute Gasteiger partial charge is 0.493 e. The molecule has 0 saturated heterocycles. The number of halogens is 1. The van der Waals surface area contributed by atoms with Gasteiger partial charge in [-0.2, -0.15) is 9.78 Å². The molecule has 0 N–H and O–H groups in total. The summed E-state index contributed by atoms with van der Waals surface area (Å²) in [5, 5.41) is 27.4. The number of aromatic nitrogens is 2. The highest BCUT2D eigenvalue weighted by atomic mass is 79.9. The first-order chi connectivity index (χ1) is 17.7. The summed E-state index contributed by atoms with van der Waals surface area (Å²) < 4.78 is 12.8. The maximum absolute atomic E-state index is 13.0. The number of hydrogen-bond donors (Lipinski definition) is 0. The molecule has 0 aliphatic carbocycles. The Bertz CT molecular complexity index is 1630. The number of methoxy groups -OCH3 is 1. The van der Waals surface area contributed by atoms with Gasteiger partial charge < -0.3 is 9.47 Å². The predicted octanol–water partition coefficient (Wildman–Crippen LogP) is 4.75. The fourth-order valence-corrected chi connectivity index (χ4v) is 3.91. The van der Waals surface area contributed by atoms with Gasteiger partial charge in [0.05, 0.1) is 34.1 Å². The molecule has 3 aromatic carbocycles. The van der Waals surface area contributed by atoms with Crippen molar-refractivity contribution in [3.05, 3.63) is 107 Å². The van der Waals surface area contributed by atoms with Gasteiger partial charge in [0.1, 0.15) is 12.4 Å². The van der Waals surface area contributed by atoms with Gasteiger partial charge in [-0.1, -0.05) is 28.1 Å². The molecule has 4 rings (SSSR count). The highest BCUT2D eigenvalue weighted by Gasteiger charge is 2.22. The lowest BCUT2D eigenvalue weighted by Crippen LogP contribution is -2.20. The number of rotatable bonds is 8. The Labute approximate surface area is 217 Å². The average Bonchev–Trinajstić information content (AvgIpc) is 2.87. The Hall–Kier alpha value is -4.65. The molecule has 0 spiro atoms. The molecule has 37 heavy (non-hydrogen) atoms. The Balaban J connectivity index is 1.69. The first kappa shape index (κ1) is 25.4. The highest BCUT2D eigenvalue weighted by Crippen LogP contribution is 2.38. The van der Waals surface area contributed by atoms with Gasteiger partial charge in [0, 0.05) is 28.2 Å². The Morgan fingerprint density at radius 3 is 2.59 bits per heavy atom. The van der Waals surface area contributed by atoms with Crippen molar-refractivity contribution in [3.8, 4) is 11.5 Å². The average molecular weight is 568 g/mol. The fourth-order valence-electron chi connectivity index (χ4n) is 3.55. The molecule has 12 nitrogen and oxygen atoms in total. The van der Waals surface area contributed by atoms with Crippen LogP contribution < -0.4 is 15.0 Å². The minimum absolute atomic E-state index is 0.0470. The van der Waals surface area contributed by atoms with Gasteiger partial charge in [0.15, 0.2) is 5.75 Å². The van der Waals surface area contributed by atoms with Crippen LogP contribution in [0, 0.1) is 27.2 Å². The zero-order valence-corrected chi connectivity index (χ0v) is 21.0. The Kier molecular flexibility index (Phi) is 7.25. The quantitative estimate of drug-likeness (QED) is 0.168. The molecular formula is C24H18BrN5O7. The number of benzene rings is 3. The summed E-state index contributed by atoms with van der Waals surface area (Å²) in [5.74, 6) is 0.224. The van der Waals surface area contributed by atoms with Crippen LogP contribution >= 0.6 is 15.9 Å². The molecule has 1 aromatic heterocycles. The zero-order valence-electron chi connectivity index (χ0n) is 19.5. The molecule has 0 saturated carbocycles. The van der Waals surface area contributed by atoms with Gasteiger partial charge in [0.25, 0.3) is 11.2 Å². The number of fused-ring (bicyclic) bond motifs is 1. The minimum atomic E-state index is -0.644. The first-order valence-corrected chi connectivity index (χ1v) is 11.4. The number of ether oxygens (including phenoxy) is 2. The van der Waals surface area contributed by atoms with E-state index in [1.807, 2.05) is 0 Å². The van der Waals surface area contributed by atoms with Crippen LogP contribution in [0.5, 0.6) is 11.5 Å². The van der Waals surface area contributed by atoms with Crippen LogP contribution in [0.25, 0.3) is 10.9 Å². The van der Waals surface area contributed by atoms with Crippen LogP contribution in [0.1, 0.15) is 17.0 Å². The smallest absolute Gasteiger partial charge is 0.315 e. The molecular weight excluding hydrogens is 550 g/mol. The highest BCUT2D eigenvalue weighted by molar-refractivity contribution is 9.10. The summed E-state index contributed by atoms with van der Waals surface area (Å²) in [6.45, 7) is 1.45. The Morgan fingerprint density at radius 1 is 1.11 bits per heavy atom. The standard InChI is InChI=1S/C24H18BrN5O7/c1-14-27-20-7-6-17(25)11-19(20)24(31)28(14)26-12-16-9-21(30(34)35)23(22(10-16)36-2)37-13-15-4-3-5-18(8-15)29(32)33/h3-12H,13H2,1-2H3. The summed E-state index contributed by atoms with van der Waals surface area (Å²) >= 11 is 3.33. The van der Waals surface area contributed by atoms with Crippen molar-refractivity contribution in [3.63, 3.8) is 0 Å². The maximum atomic E-state index is 13.0. The van der Waals surface area contributed by atoms with Gasteiger partial charge in [-0.3, -0.25) is 25.0 Å². The predicted molar refractivity (Wildman–Crippen MR) is 139 cm³/mol. The second-order valence-electron chi connectivity index (χ2n) is 7.73. The van der Waals surface area contributed by atoms with E-state index >= 15 is 0 Å². The summed E-state index contributed by atoms with van der Waals surface area (Å²) in [5.41, 5.74) is 0.289. The summed E-state index contributed by atoms with van der Waals surface area (Å²) in [4.78, 5) is 39.0. The van der Waals surface area contributed by atoms with Gasteiger partial charge in [-0.15, -0.1) is 0 Å². The lowest BCUT2D eigenvalue weighted by molar-refractivity contribution is -0.386. The molecule has 1 heterocycles. The van der Waals surface area contributed by atoms with Gasteiger partial charge in [-0.25, -0.2) is 4.98 Å². The molecule has 0 atom stereocenters. The number of nitro groups is 2. The lowest BCUT2D eigenvalue weighted by Gasteiger charge is -2.12. The first-order valence-electron chi connectivity index (χ1n) is 10.6. The van der Waals surface area contributed by atoms with Crippen LogP contribution in [0.3, 0.4) is 0 Å². The van der Waals surface area contributed by atoms with Crippen molar-refractivity contribution in [1.29, 1.82) is 0 Å². The third-order valence-electron chi connectivity index (χ3n) is 5.27. The van der Waals surface area contributed by atoms with Crippen molar-refractivity contribution in [1.82, 2.24) is 9.66 Å². The number of aryl methyl sites for hydroxylation is 1. The summed E-state index contributed by atoms with van der Waals surface area (Å²) in [7, 11) is 1.32. The second kappa shape index (κ2) is 10.5. The molecule has 0 unspecified atom stereocenters. The molecule has 188 valence electrons. The van der Waals surface area contributed by atoms with E-state index in [2.05, 4.69) is 26.0 Å². The molecule has 0 aliphatic heterocycles. The number of nitrogens with zero attached hydrogens (tertiary/aromatic N) is 5. The number of nitro benzene ring substituents is 2. The third kappa shape index (κ3) is 5.46. The normalized spacial score (nSPS) is 11.1. The van der Waals surface area contributed by atoms with E-state index in [9.17, 15) is 25.0 Å². The molecule has 0 bridgehead atoms. The van der Waals surface area contributed by atoms with Crippen molar-refractivity contribution < 1.29 is 19.3 Å². The molecule has 4 aromatic rings. The van der Waals surface area contributed by atoms with E-state index in [1.54, 1.807) is 31.2 Å². The van der Waals surface area contributed by atoms with Crippen molar-refractivity contribution >= 4 is 44.4 Å². The fraction of sp³-hybridized carbons (Fsp3) is 0.125. The van der Waals surface area contributed by atoms with E-state index in [0.717, 1.165) is 4.68 Å². The minimum Gasteiger partial charge on any atom is -0.493 e. The van der Waals surface area contributed by atoms with E-state index < -0.39 is 21.1 Å². The molecule has 0 aliphatic rings. The maximum Gasteiger partial charge on any atom is 0.315 e. The van der Waals surface area contributed by atoms with Crippen LogP contribution in [-0.4, -0.2) is 32.8 Å². The number of hydrogen-bond acceptors (Lipinski definition) is 9. The Morgan fingerprint density at radius 2 is 1.89 bits per heavy atom. The van der Waals surface area contributed by atoms with Crippen LogP contribution in [0.4, 0.5) is 11.4 Å². The lowest BCUT2D eigenvalue weighted by atomic mass is 10.1. The summed E-state index contributed by atoms with van der Waals surface area (Å²) in [6, 6.07) is 13.5. The van der Waals surface area contributed by atoms with Crippen molar-refractivity contribution in [2.24, 2.45) is 5.10 Å². The van der Waals surface area contributed by atoms with Crippen LogP contribution in [0.2, 0.25) is 0 Å². The van der Waals surface area contributed by atoms with E-state index in [0.29, 0.717) is 26.8 Å². The van der Waals surface area contributed by atoms with Gasteiger partial charge >= 0.3 is 5.69 Å².